The third kappa shape index (κ3) is 6.62. The second kappa shape index (κ2) is 6.44. The normalized spacial score (nSPS) is 16.5. The molecule has 0 aromatic rings. The summed E-state index contributed by atoms with van der Waals surface area (Å²) in [6.45, 7) is 9.49. The van der Waals surface area contributed by atoms with E-state index < -0.39 is 0 Å². The zero-order valence-corrected chi connectivity index (χ0v) is 8.80. The summed E-state index contributed by atoms with van der Waals surface area (Å²) in [6, 6.07) is 0.582. The predicted octanol–water partition coefficient (Wildman–Crippen LogP) is 1.78. The van der Waals surface area contributed by atoms with Crippen LogP contribution >= 0.6 is 0 Å². The zero-order chi connectivity index (χ0) is 9.56. The van der Waals surface area contributed by atoms with Gasteiger partial charge in [-0.25, -0.2) is 0 Å². The van der Waals surface area contributed by atoms with Gasteiger partial charge in [0.1, 0.15) is 0 Å². The van der Waals surface area contributed by atoms with E-state index in [1.807, 2.05) is 6.92 Å². The van der Waals surface area contributed by atoms with E-state index in [2.05, 4.69) is 26.1 Å². The molecule has 0 aromatic heterocycles. The molecular weight excluding hydrogens is 150 g/mol. The average Bonchev–Trinajstić information content (AvgIpc) is 1.97. The van der Waals surface area contributed by atoms with Gasteiger partial charge in [-0.1, -0.05) is 13.8 Å². The lowest BCUT2D eigenvalue weighted by Crippen LogP contribution is -2.31. The molecule has 2 unspecified atom stereocenters. The van der Waals surface area contributed by atoms with Crippen molar-refractivity contribution >= 4 is 0 Å². The van der Waals surface area contributed by atoms with Gasteiger partial charge in [-0.15, -0.1) is 0 Å². The highest BCUT2D eigenvalue weighted by molar-refractivity contribution is 4.64. The lowest BCUT2D eigenvalue weighted by Gasteiger charge is -2.17. The Morgan fingerprint density at radius 2 is 1.75 bits per heavy atom. The fourth-order valence-electron chi connectivity index (χ4n) is 0.963. The third-order valence-electron chi connectivity index (χ3n) is 2.26. The van der Waals surface area contributed by atoms with E-state index >= 15 is 0 Å². The van der Waals surface area contributed by atoms with E-state index in [1.54, 1.807) is 0 Å². The van der Waals surface area contributed by atoms with E-state index in [0.717, 1.165) is 19.4 Å². The molecule has 2 heteroatoms. The maximum atomic E-state index is 9.00. The first-order valence-corrected chi connectivity index (χ1v) is 4.95. The van der Waals surface area contributed by atoms with Crippen molar-refractivity contribution in [1.82, 2.24) is 5.32 Å². The Morgan fingerprint density at radius 1 is 1.17 bits per heavy atom. The molecule has 0 heterocycles. The Morgan fingerprint density at radius 3 is 2.17 bits per heavy atom. The van der Waals surface area contributed by atoms with Crippen molar-refractivity contribution in [3.05, 3.63) is 0 Å². The lowest BCUT2D eigenvalue weighted by molar-refractivity contribution is 0.180. The second-order valence-electron chi connectivity index (χ2n) is 3.98. The third-order valence-corrected chi connectivity index (χ3v) is 2.26. The predicted molar refractivity (Wildman–Crippen MR) is 53.2 cm³/mol. The van der Waals surface area contributed by atoms with Gasteiger partial charge in [-0.2, -0.15) is 0 Å². The molecule has 0 fully saturated rings. The molecule has 0 aliphatic carbocycles. The molecule has 2 N–H and O–H groups in total. The van der Waals surface area contributed by atoms with Gasteiger partial charge in [0, 0.05) is 6.04 Å². The van der Waals surface area contributed by atoms with Crippen LogP contribution in [-0.4, -0.2) is 23.8 Å². The first kappa shape index (κ1) is 11.9. The maximum absolute atomic E-state index is 9.00. The fraction of sp³-hybridized carbons (Fsp3) is 1.00. The van der Waals surface area contributed by atoms with Crippen LogP contribution in [0.15, 0.2) is 0 Å². The minimum absolute atomic E-state index is 0.152. The number of rotatable bonds is 6. The molecule has 74 valence electrons. The largest absolute Gasteiger partial charge is 0.393 e. The van der Waals surface area contributed by atoms with Crippen molar-refractivity contribution in [2.24, 2.45) is 5.92 Å². The summed E-state index contributed by atoms with van der Waals surface area (Å²) < 4.78 is 0. The molecule has 0 aliphatic heterocycles. The Labute approximate surface area is 76.4 Å². The quantitative estimate of drug-likeness (QED) is 0.600. The SMILES string of the molecule is CC(O)CCCNC(C)C(C)C. The van der Waals surface area contributed by atoms with E-state index in [-0.39, 0.29) is 6.10 Å². The molecule has 2 atom stereocenters. The highest BCUT2D eigenvalue weighted by atomic mass is 16.3. The van der Waals surface area contributed by atoms with Gasteiger partial charge in [0.2, 0.25) is 0 Å². The van der Waals surface area contributed by atoms with Crippen molar-refractivity contribution < 1.29 is 5.11 Å². The first-order chi connectivity index (χ1) is 5.54. The molecule has 0 spiro atoms. The number of hydrogen-bond acceptors (Lipinski definition) is 2. The van der Waals surface area contributed by atoms with Crippen molar-refractivity contribution in [3.8, 4) is 0 Å². The van der Waals surface area contributed by atoms with Crippen LogP contribution in [0, 0.1) is 5.92 Å². The molecule has 0 bridgehead atoms. The van der Waals surface area contributed by atoms with Crippen molar-refractivity contribution in [1.29, 1.82) is 0 Å². The van der Waals surface area contributed by atoms with Crippen LogP contribution in [0.5, 0.6) is 0 Å². The molecular formula is C10H23NO. The number of aliphatic hydroxyl groups is 1. The monoisotopic (exact) mass is 173 g/mol. The molecule has 0 saturated heterocycles. The minimum atomic E-state index is -0.152. The van der Waals surface area contributed by atoms with Crippen LogP contribution in [0.3, 0.4) is 0 Å². The molecule has 0 radical (unpaired) electrons. The Kier molecular flexibility index (Phi) is 6.39. The molecule has 0 saturated carbocycles. The summed E-state index contributed by atoms with van der Waals surface area (Å²) in [7, 11) is 0. The van der Waals surface area contributed by atoms with Crippen molar-refractivity contribution in [2.45, 2.75) is 52.7 Å². The molecule has 0 aromatic carbocycles. The average molecular weight is 173 g/mol. The van der Waals surface area contributed by atoms with E-state index in [1.165, 1.54) is 0 Å². The summed E-state index contributed by atoms with van der Waals surface area (Å²) in [5.74, 6) is 0.691. The van der Waals surface area contributed by atoms with Gasteiger partial charge >= 0.3 is 0 Å². The van der Waals surface area contributed by atoms with E-state index in [9.17, 15) is 0 Å². The van der Waals surface area contributed by atoms with Crippen LogP contribution in [-0.2, 0) is 0 Å². The standard InChI is InChI=1S/C10H23NO/c1-8(2)10(4)11-7-5-6-9(3)12/h8-12H,5-7H2,1-4H3. The Balaban J connectivity index is 3.20. The van der Waals surface area contributed by atoms with Gasteiger partial charge < -0.3 is 10.4 Å². The summed E-state index contributed by atoms with van der Waals surface area (Å²) in [6.07, 6.45) is 1.81. The topological polar surface area (TPSA) is 32.3 Å². The molecule has 2 nitrogen and oxygen atoms in total. The molecule has 0 amide bonds. The lowest BCUT2D eigenvalue weighted by atomic mass is 10.1. The molecule has 0 aliphatic rings. The molecule has 12 heavy (non-hydrogen) atoms. The maximum Gasteiger partial charge on any atom is 0.0512 e. The highest BCUT2D eigenvalue weighted by Crippen LogP contribution is 2.00. The molecule has 0 rings (SSSR count). The van der Waals surface area contributed by atoms with Crippen molar-refractivity contribution in [2.75, 3.05) is 6.54 Å². The van der Waals surface area contributed by atoms with Crippen LogP contribution in [0.25, 0.3) is 0 Å². The Bertz CT molecular complexity index is 102. The first-order valence-electron chi connectivity index (χ1n) is 4.95. The van der Waals surface area contributed by atoms with Gasteiger partial charge in [0.25, 0.3) is 0 Å². The van der Waals surface area contributed by atoms with E-state index in [0.29, 0.717) is 12.0 Å². The summed E-state index contributed by atoms with van der Waals surface area (Å²) in [5, 5.41) is 12.4. The highest BCUT2D eigenvalue weighted by Gasteiger charge is 2.04. The van der Waals surface area contributed by atoms with Crippen LogP contribution in [0.4, 0.5) is 0 Å². The summed E-state index contributed by atoms with van der Waals surface area (Å²) in [4.78, 5) is 0. The number of aliphatic hydroxyl groups excluding tert-OH is 1. The van der Waals surface area contributed by atoms with Gasteiger partial charge in [-0.3, -0.25) is 0 Å². The van der Waals surface area contributed by atoms with Gasteiger partial charge in [0.15, 0.2) is 0 Å². The van der Waals surface area contributed by atoms with Gasteiger partial charge in [0.05, 0.1) is 6.10 Å². The number of nitrogens with one attached hydrogen (secondary N) is 1. The number of hydrogen-bond donors (Lipinski definition) is 2. The summed E-state index contributed by atoms with van der Waals surface area (Å²) >= 11 is 0. The smallest absolute Gasteiger partial charge is 0.0512 e. The minimum Gasteiger partial charge on any atom is -0.393 e. The fourth-order valence-corrected chi connectivity index (χ4v) is 0.963. The van der Waals surface area contributed by atoms with E-state index in [4.69, 9.17) is 5.11 Å². The van der Waals surface area contributed by atoms with Crippen LogP contribution in [0.2, 0.25) is 0 Å². The van der Waals surface area contributed by atoms with Gasteiger partial charge in [-0.05, 0) is 39.2 Å². The summed E-state index contributed by atoms with van der Waals surface area (Å²) in [5.41, 5.74) is 0. The Hall–Kier alpha value is -0.0800. The second-order valence-corrected chi connectivity index (χ2v) is 3.98. The van der Waals surface area contributed by atoms with Crippen LogP contribution in [0.1, 0.15) is 40.5 Å². The van der Waals surface area contributed by atoms with Crippen LogP contribution < -0.4 is 5.32 Å². The zero-order valence-electron chi connectivity index (χ0n) is 8.80. The van der Waals surface area contributed by atoms with Crippen molar-refractivity contribution in [3.63, 3.8) is 0 Å².